The highest BCUT2D eigenvalue weighted by molar-refractivity contribution is 9.08. The fourth-order valence-corrected chi connectivity index (χ4v) is 7.51. The van der Waals surface area contributed by atoms with Gasteiger partial charge in [0.25, 0.3) is 0 Å². The molecule has 0 heterocycles. The summed E-state index contributed by atoms with van der Waals surface area (Å²) in [5.74, 6) is 0. The number of hydrogen-bond donors (Lipinski definition) is 0. The average Bonchev–Trinajstić information content (AvgIpc) is 2.23. The van der Waals surface area contributed by atoms with E-state index in [0.29, 0.717) is 8.64 Å². The SMILES string of the molecule is CN(CC(C)(C)C)C(=S)SS(=O)SC(=S)N(C)CC(C)(C)C. The maximum absolute atomic E-state index is 12.2. The first-order valence-corrected chi connectivity index (χ1v) is 11.6. The van der Waals surface area contributed by atoms with E-state index in [1.807, 2.05) is 23.9 Å². The van der Waals surface area contributed by atoms with Crippen LogP contribution < -0.4 is 0 Å². The molecule has 0 saturated carbocycles. The first-order chi connectivity index (χ1) is 9.71. The smallest absolute Gasteiger partial charge is 0.155 e. The molecule has 0 N–H and O–H groups in total. The van der Waals surface area contributed by atoms with Crippen LogP contribution in [0, 0.1) is 10.8 Å². The Hall–Kier alpha value is 0.630. The lowest BCUT2D eigenvalue weighted by Gasteiger charge is -2.28. The zero-order valence-corrected chi connectivity index (χ0v) is 18.8. The lowest BCUT2D eigenvalue weighted by atomic mass is 9.96. The summed E-state index contributed by atoms with van der Waals surface area (Å²) < 4.78 is 13.5. The largest absolute Gasteiger partial charge is 0.359 e. The monoisotopic (exact) mass is 400 g/mol. The quantitative estimate of drug-likeness (QED) is 0.503. The van der Waals surface area contributed by atoms with E-state index in [1.165, 1.54) is 21.6 Å². The van der Waals surface area contributed by atoms with Gasteiger partial charge in [0.2, 0.25) is 0 Å². The van der Waals surface area contributed by atoms with Gasteiger partial charge in [-0.2, -0.15) is 0 Å². The Morgan fingerprint density at radius 2 is 1.14 bits per heavy atom. The summed E-state index contributed by atoms with van der Waals surface area (Å²) >= 11 is 10.7. The zero-order chi connectivity index (χ0) is 17.7. The maximum Gasteiger partial charge on any atom is 0.155 e. The van der Waals surface area contributed by atoms with Crippen LogP contribution in [-0.2, 0) is 8.86 Å². The Kier molecular flexibility index (Phi) is 9.46. The highest BCUT2D eigenvalue weighted by Gasteiger charge is 2.21. The normalized spacial score (nSPS) is 12.4. The van der Waals surface area contributed by atoms with Gasteiger partial charge in [-0.3, -0.25) is 0 Å². The Balaban J connectivity index is 4.39. The third-order valence-electron chi connectivity index (χ3n) is 2.33. The van der Waals surface area contributed by atoms with E-state index >= 15 is 0 Å². The van der Waals surface area contributed by atoms with Crippen molar-refractivity contribution in [3.63, 3.8) is 0 Å². The highest BCUT2D eigenvalue weighted by atomic mass is 33.5. The average molecular weight is 401 g/mol. The fourth-order valence-electron chi connectivity index (χ4n) is 1.81. The predicted octanol–water partition coefficient (Wildman–Crippen LogP) is 4.56. The van der Waals surface area contributed by atoms with Gasteiger partial charge in [0.05, 0.1) is 0 Å². The molecule has 8 heteroatoms. The van der Waals surface area contributed by atoms with Gasteiger partial charge in [0.1, 0.15) is 8.64 Å². The number of rotatable bonds is 4. The van der Waals surface area contributed by atoms with Gasteiger partial charge in [0, 0.05) is 48.8 Å². The van der Waals surface area contributed by atoms with Crippen LogP contribution in [0.3, 0.4) is 0 Å². The summed E-state index contributed by atoms with van der Waals surface area (Å²) in [6.45, 7) is 14.6. The molecule has 130 valence electrons. The summed E-state index contributed by atoms with van der Waals surface area (Å²) in [5.41, 5.74) is 0.298. The van der Waals surface area contributed by atoms with Crippen molar-refractivity contribution >= 4 is 63.5 Å². The molecule has 0 saturated heterocycles. The Morgan fingerprint density at radius 1 is 0.864 bits per heavy atom. The van der Waals surface area contributed by atoms with Gasteiger partial charge in [-0.05, 0) is 10.8 Å². The van der Waals surface area contributed by atoms with E-state index in [2.05, 4.69) is 41.5 Å². The van der Waals surface area contributed by atoms with Crippen molar-refractivity contribution in [2.24, 2.45) is 10.8 Å². The molecule has 3 nitrogen and oxygen atoms in total. The lowest BCUT2D eigenvalue weighted by molar-refractivity contribution is 0.312. The Bertz CT molecular complexity index is 388. The first kappa shape index (κ1) is 22.6. The molecular weight excluding hydrogens is 373 g/mol. The minimum absolute atomic E-state index is 0.149. The summed E-state index contributed by atoms with van der Waals surface area (Å²) in [7, 11) is 5.04. The minimum Gasteiger partial charge on any atom is -0.359 e. The van der Waals surface area contributed by atoms with Crippen LogP contribution in [0.15, 0.2) is 0 Å². The molecule has 0 spiro atoms. The van der Waals surface area contributed by atoms with E-state index in [9.17, 15) is 4.21 Å². The third-order valence-corrected chi connectivity index (χ3v) is 8.25. The molecule has 0 fully saturated rings. The molecule has 0 rings (SSSR count). The van der Waals surface area contributed by atoms with Crippen LogP contribution in [0.4, 0.5) is 0 Å². The molecule has 0 unspecified atom stereocenters. The summed E-state index contributed by atoms with van der Waals surface area (Å²) in [5, 5.41) is 0. The van der Waals surface area contributed by atoms with Crippen molar-refractivity contribution in [2.75, 3.05) is 27.2 Å². The Labute approximate surface area is 156 Å². The molecule has 0 radical (unpaired) electrons. The van der Waals surface area contributed by atoms with E-state index in [1.54, 1.807) is 0 Å². The molecule has 0 aromatic carbocycles. The number of hydrogen-bond acceptors (Lipinski definition) is 5. The number of nitrogens with zero attached hydrogens (tertiary/aromatic N) is 2. The lowest BCUT2D eigenvalue weighted by Crippen LogP contribution is -2.33. The molecule has 0 aliphatic carbocycles. The zero-order valence-electron chi connectivity index (χ0n) is 14.8. The second-order valence-electron chi connectivity index (χ2n) is 7.74. The highest BCUT2D eigenvalue weighted by Crippen LogP contribution is 2.28. The van der Waals surface area contributed by atoms with Gasteiger partial charge in [-0.15, -0.1) is 0 Å². The van der Waals surface area contributed by atoms with Gasteiger partial charge in [-0.1, -0.05) is 66.0 Å². The van der Waals surface area contributed by atoms with Crippen molar-refractivity contribution in [1.82, 2.24) is 9.80 Å². The van der Waals surface area contributed by atoms with Crippen molar-refractivity contribution < 1.29 is 4.21 Å². The molecule has 0 aromatic heterocycles. The molecular formula is C14H28N2OS5. The molecule has 0 amide bonds. The van der Waals surface area contributed by atoms with Crippen LogP contribution in [-0.4, -0.2) is 49.8 Å². The third kappa shape index (κ3) is 11.2. The number of thiocarbonyl (C=S) groups is 2. The topological polar surface area (TPSA) is 23.6 Å². The predicted molar refractivity (Wildman–Crippen MR) is 113 cm³/mol. The van der Waals surface area contributed by atoms with Gasteiger partial charge in [-0.25, -0.2) is 4.21 Å². The van der Waals surface area contributed by atoms with Gasteiger partial charge >= 0.3 is 0 Å². The van der Waals surface area contributed by atoms with Crippen LogP contribution in [0.1, 0.15) is 41.5 Å². The maximum atomic E-state index is 12.2. The molecule has 22 heavy (non-hydrogen) atoms. The van der Waals surface area contributed by atoms with Gasteiger partial charge in [0.15, 0.2) is 8.86 Å². The minimum atomic E-state index is -1.21. The van der Waals surface area contributed by atoms with E-state index in [0.717, 1.165) is 13.1 Å². The van der Waals surface area contributed by atoms with Crippen LogP contribution in [0.2, 0.25) is 0 Å². The molecule has 0 aromatic rings. The van der Waals surface area contributed by atoms with Crippen molar-refractivity contribution in [2.45, 2.75) is 41.5 Å². The van der Waals surface area contributed by atoms with Crippen molar-refractivity contribution in [1.29, 1.82) is 0 Å². The second kappa shape index (κ2) is 9.20. The fraction of sp³-hybridized carbons (Fsp3) is 0.857. The first-order valence-electron chi connectivity index (χ1n) is 7.00. The van der Waals surface area contributed by atoms with Crippen molar-refractivity contribution in [3.05, 3.63) is 0 Å². The van der Waals surface area contributed by atoms with Crippen LogP contribution in [0.25, 0.3) is 0 Å². The van der Waals surface area contributed by atoms with Crippen molar-refractivity contribution in [3.8, 4) is 0 Å². The van der Waals surface area contributed by atoms with E-state index in [-0.39, 0.29) is 10.8 Å². The summed E-state index contributed by atoms with van der Waals surface area (Å²) in [6, 6.07) is 0. The van der Waals surface area contributed by atoms with Gasteiger partial charge < -0.3 is 9.80 Å². The van der Waals surface area contributed by atoms with Crippen LogP contribution in [0.5, 0.6) is 0 Å². The molecule has 0 bridgehead atoms. The second-order valence-corrected chi connectivity index (χ2v) is 14.0. The summed E-state index contributed by atoms with van der Waals surface area (Å²) in [6.07, 6.45) is 0. The standard InChI is InChI=1S/C14H28N2OS5/c1-13(2,3)9-15(7)11(18)20-22(17)21-12(19)16(8)10-14(4,5)6/h9-10H2,1-8H3. The van der Waals surface area contributed by atoms with E-state index in [4.69, 9.17) is 24.4 Å². The van der Waals surface area contributed by atoms with Crippen LogP contribution >= 0.6 is 46.0 Å². The molecule has 0 aliphatic rings. The summed E-state index contributed by atoms with van der Waals surface area (Å²) in [4.78, 5) is 3.95. The Morgan fingerprint density at radius 3 is 1.36 bits per heavy atom. The molecule has 0 aliphatic heterocycles. The van der Waals surface area contributed by atoms with E-state index < -0.39 is 8.86 Å². The molecule has 0 atom stereocenters.